The molecule has 2 rings (SSSR count). The van der Waals surface area contributed by atoms with E-state index in [1.807, 2.05) is 13.8 Å². The van der Waals surface area contributed by atoms with Gasteiger partial charge < -0.3 is 10.8 Å². The molecule has 112 valence electrons. The van der Waals surface area contributed by atoms with Gasteiger partial charge in [-0.15, -0.1) is 0 Å². The number of aliphatic hydroxyl groups excluding tert-OH is 1. The van der Waals surface area contributed by atoms with Gasteiger partial charge in [-0.1, -0.05) is 25.4 Å². The number of hydrogen-bond acceptors (Lipinski definition) is 4. The molecule has 0 radical (unpaired) electrons. The van der Waals surface area contributed by atoms with Crippen molar-refractivity contribution in [3.63, 3.8) is 0 Å². The van der Waals surface area contributed by atoms with Gasteiger partial charge in [0.15, 0.2) is 0 Å². The van der Waals surface area contributed by atoms with E-state index in [0.717, 1.165) is 5.56 Å². The summed E-state index contributed by atoms with van der Waals surface area (Å²) in [5.74, 6) is 0. The Balaban J connectivity index is 2.31. The number of benzene rings is 1. The number of halogens is 1. The average molecular weight is 319 g/mol. The van der Waals surface area contributed by atoms with Crippen LogP contribution in [0.15, 0.2) is 17.0 Å². The number of nitrogen functional groups attached to an aromatic ring is 1. The fraction of sp³-hybridized carbons (Fsp3) is 0.538. The van der Waals surface area contributed by atoms with E-state index < -0.39 is 21.5 Å². The molecule has 1 aliphatic carbocycles. The Morgan fingerprint density at radius 3 is 2.55 bits per heavy atom. The second-order valence-electron chi connectivity index (χ2n) is 5.89. The fourth-order valence-electron chi connectivity index (χ4n) is 2.23. The zero-order valence-electron chi connectivity index (χ0n) is 11.6. The first-order chi connectivity index (χ1) is 9.05. The first kappa shape index (κ1) is 15.6. The molecule has 0 heterocycles. The predicted octanol–water partition coefficient (Wildman–Crippen LogP) is 1.67. The Bertz CT molecular complexity index is 643. The average Bonchev–Trinajstić information content (AvgIpc) is 2.33. The zero-order valence-corrected chi connectivity index (χ0v) is 13.2. The molecule has 0 spiro atoms. The first-order valence-electron chi connectivity index (χ1n) is 6.31. The lowest BCUT2D eigenvalue weighted by molar-refractivity contribution is -0.0645. The lowest BCUT2D eigenvalue weighted by atomic mass is 9.65. The third kappa shape index (κ3) is 2.53. The van der Waals surface area contributed by atoms with Crippen LogP contribution in [0.4, 0.5) is 5.69 Å². The normalized spacial score (nSPS) is 25.2. The van der Waals surface area contributed by atoms with Gasteiger partial charge in [-0.25, -0.2) is 13.1 Å². The second-order valence-corrected chi connectivity index (χ2v) is 7.98. The van der Waals surface area contributed by atoms with Gasteiger partial charge in [0, 0.05) is 17.1 Å². The molecule has 1 aromatic rings. The van der Waals surface area contributed by atoms with Crippen molar-refractivity contribution in [2.24, 2.45) is 5.41 Å². The number of rotatable bonds is 3. The van der Waals surface area contributed by atoms with Crippen molar-refractivity contribution in [2.75, 3.05) is 5.73 Å². The van der Waals surface area contributed by atoms with E-state index >= 15 is 0 Å². The zero-order chi connectivity index (χ0) is 15.3. The molecule has 0 saturated heterocycles. The molecule has 0 aliphatic heterocycles. The molecule has 1 fully saturated rings. The Morgan fingerprint density at radius 2 is 2.05 bits per heavy atom. The third-order valence-corrected chi connectivity index (χ3v) is 6.06. The van der Waals surface area contributed by atoms with Crippen molar-refractivity contribution in [1.82, 2.24) is 4.72 Å². The minimum atomic E-state index is -3.76. The summed E-state index contributed by atoms with van der Waals surface area (Å²) in [7, 11) is -3.76. The van der Waals surface area contributed by atoms with E-state index in [1.165, 1.54) is 12.1 Å². The Kier molecular flexibility index (Phi) is 3.79. The van der Waals surface area contributed by atoms with Crippen LogP contribution in [0.2, 0.25) is 5.02 Å². The third-order valence-electron chi connectivity index (χ3n) is 4.12. The van der Waals surface area contributed by atoms with Crippen LogP contribution in [0.1, 0.15) is 25.8 Å². The number of aliphatic hydroxyl groups is 1. The van der Waals surface area contributed by atoms with Crippen LogP contribution in [-0.2, 0) is 10.0 Å². The number of aryl methyl sites for hydroxylation is 1. The lowest BCUT2D eigenvalue weighted by Crippen LogP contribution is -2.61. The van der Waals surface area contributed by atoms with Gasteiger partial charge in [0.1, 0.15) is 4.90 Å². The Morgan fingerprint density at radius 1 is 1.45 bits per heavy atom. The van der Waals surface area contributed by atoms with Crippen LogP contribution < -0.4 is 10.5 Å². The summed E-state index contributed by atoms with van der Waals surface area (Å²) < 4.78 is 27.4. The van der Waals surface area contributed by atoms with Crippen molar-refractivity contribution >= 4 is 27.3 Å². The molecular formula is C13H19ClN2O3S. The van der Waals surface area contributed by atoms with Gasteiger partial charge in [-0.3, -0.25) is 0 Å². The molecule has 20 heavy (non-hydrogen) atoms. The maximum Gasteiger partial charge on any atom is 0.242 e. The predicted molar refractivity (Wildman–Crippen MR) is 79.1 cm³/mol. The van der Waals surface area contributed by atoms with Gasteiger partial charge in [0.25, 0.3) is 0 Å². The molecule has 7 heteroatoms. The van der Waals surface area contributed by atoms with Crippen molar-refractivity contribution in [2.45, 2.75) is 44.2 Å². The largest absolute Gasteiger partial charge is 0.398 e. The van der Waals surface area contributed by atoms with Gasteiger partial charge >= 0.3 is 0 Å². The fourth-order valence-corrected chi connectivity index (χ4v) is 4.25. The first-order valence-corrected chi connectivity index (χ1v) is 8.18. The summed E-state index contributed by atoms with van der Waals surface area (Å²) in [6, 6.07) is 2.58. The number of nitrogens with two attached hydrogens (primary N) is 1. The monoisotopic (exact) mass is 318 g/mol. The summed E-state index contributed by atoms with van der Waals surface area (Å²) in [4.78, 5) is -0.0283. The van der Waals surface area contributed by atoms with Crippen molar-refractivity contribution in [3.05, 3.63) is 22.7 Å². The van der Waals surface area contributed by atoms with Crippen LogP contribution in [0.3, 0.4) is 0 Å². The highest BCUT2D eigenvalue weighted by Crippen LogP contribution is 2.41. The van der Waals surface area contributed by atoms with E-state index in [9.17, 15) is 13.5 Å². The van der Waals surface area contributed by atoms with Gasteiger partial charge in [0.05, 0.1) is 11.1 Å². The van der Waals surface area contributed by atoms with Crippen LogP contribution in [0.5, 0.6) is 0 Å². The molecule has 4 N–H and O–H groups in total. The summed E-state index contributed by atoms with van der Waals surface area (Å²) >= 11 is 6.01. The number of hydrogen-bond donors (Lipinski definition) is 3. The molecule has 2 unspecified atom stereocenters. The summed E-state index contributed by atoms with van der Waals surface area (Å²) in [6.07, 6.45) is -0.112. The topological polar surface area (TPSA) is 92.4 Å². The smallest absolute Gasteiger partial charge is 0.242 e. The number of sulfonamides is 1. The van der Waals surface area contributed by atoms with E-state index in [1.54, 1.807) is 6.92 Å². The number of anilines is 1. The van der Waals surface area contributed by atoms with Gasteiger partial charge in [-0.05, 0) is 31.0 Å². The molecular weight excluding hydrogens is 300 g/mol. The molecule has 0 bridgehead atoms. The van der Waals surface area contributed by atoms with Gasteiger partial charge in [-0.2, -0.15) is 0 Å². The van der Waals surface area contributed by atoms with E-state index in [4.69, 9.17) is 17.3 Å². The van der Waals surface area contributed by atoms with E-state index in [0.29, 0.717) is 12.1 Å². The highest BCUT2D eigenvalue weighted by Gasteiger charge is 2.49. The van der Waals surface area contributed by atoms with Gasteiger partial charge in [0.2, 0.25) is 10.0 Å². The number of nitrogens with one attached hydrogen (secondary N) is 1. The summed E-state index contributed by atoms with van der Waals surface area (Å²) in [6.45, 7) is 5.40. The summed E-state index contributed by atoms with van der Waals surface area (Å²) in [5, 5.41) is 9.81. The van der Waals surface area contributed by atoms with Crippen molar-refractivity contribution in [1.29, 1.82) is 0 Å². The second kappa shape index (κ2) is 4.87. The van der Waals surface area contributed by atoms with E-state index in [2.05, 4.69) is 4.72 Å². The van der Waals surface area contributed by atoms with Crippen molar-refractivity contribution < 1.29 is 13.5 Å². The standard InChI is InChI=1S/C13H19ClN2O3S/c1-7-4-8(14)10(5-9(7)15)20(18,19)16-11-6-12(17)13(11,2)3/h4-5,11-12,16-17H,6,15H2,1-3H3. The highest BCUT2D eigenvalue weighted by atomic mass is 35.5. The van der Waals surface area contributed by atoms with Crippen LogP contribution >= 0.6 is 11.6 Å². The molecule has 1 aromatic carbocycles. The lowest BCUT2D eigenvalue weighted by Gasteiger charge is -2.49. The Hall–Kier alpha value is -0.820. The molecule has 0 amide bonds. The minimum absolute atomic E-state index is 0.0283. The van der Waals surface area contributed by atoms with Crippen molar-refractivity contribution in [3.8, 4) is 0 Å². The molecule has 1 aliphatic rings. The maximum absolute atomic E-state index is 12.4. The maximum atomic E-state index is 12.4. The molecule has 5 nitrogen and oxygen atoms in total. The summed E-state index contributed by atoms with van der Waals surface area (Å²) in [5.41, 5.74) is 6.37. The van der Waals surface area contributed by atoms with Crippen LogP contribution in [-0.4, -0.2) is 25.7 Å². The molecule has 2 atom stereocenters. The Labute approximate surface area is 124 Å². The molecule has 0 aromatic heterocycles. The molecule has 1 saturated carbocycles. The quantitative estimate of drug-likeness (QED) is 0.739. The van der Waals surface area contributed by atoms with Crippen LogP contribution in [0.25, 0.3) is 0 Å². The van der Waals surface area contributed by atoms with E-state index in [-0.39, 0.29) is 16.0 Å². The minimum Gasteiger partial charge on any atom is -0.398 e. The highest BCUT2D eigenvalue weighted by molar-refractivity contribution is 7.89. The van der Waals surface area contributed by atoms with Crippen LogP contribution in [0, 0.1) is 12.3 Å². The SMILES string of the molecule is Cc1cc(Cl)c(S(=O)(=O)NC2CC(O)C2(C)C)cc1N.